The van der Waals surface area contributed by atoms with Crippen LogP contribution in [0.5, 0.6) is 5.75 Å². The lowest BCUT2D eigenvalue weighted by Gasteiger charge is -2.18. The predicted molar refractivity (Wildman–Crippen MR) is 139 cm³/mol. The molecule has 0 aromatic heterocycles. The highest BCUT2D eigenvalue weighted by molar-refractivity contribution is 14.0. The summed E-state index contributed by atoms with van der Waals surface area (Å²) in [5.74, 6) is 1.58. The van der Waals surface area contributed by atoms with Gasteiger partial charge in [-0.15, -0.1) is 24.0 Å². The Morgan fingerprint density at radius 3 is 2.59 bits per heavy atom. The van der Waals surface area contributed by atoms with Crippen LogP contribution in [0, 0.1) is 6.92 Å². The molecule has 176 valence electrons. The number of aliphatic imine (C=N–C) groups is 1. The first-order valence-electron chi connectivity index (χ1n) is 10.8. The normalized spacial score (nSPS) is 14.7. The van der Waals surface area contributed by atoms with Crippen LogP contribution in [0.4, 0.5) is 0 Å². The van der Waals surface area contributed by atoms with Gasteiger partial charge in [0.05, 0.1) is 17.5 Å². The standard InChI is InChI=1S/C23H32N4O3S.HI/c1-3-25-23(26-15-18-7-6-10-21(14-18)31(24,28)29)27-16-19-12-11-17(2)13-22(19)30-20-8-4-5-9-20;/h6-7,10-14,20H,3-5,8-9,15-16H2,1-2H3,(H2,24,28,29)(H2,25,26,27);1H. The van der Waals surface area contributed by atoms with Crippen molar-refractivity contribution in [2.45, 2.75) is 63.6 Å². The number of halogens is 1. The minimum atomic E-state index is -3.73. The fourth-order valence-corrected chi connectivity index (χ4v) is 4.20. The highest BCUT2D eigenvalue weighted by atomic mass is 127. The third kappa shape index (κ3) is 7.93. The van der Waals surface area contributed by atoms with Gasteiger partial charge in [0.15, 0.2) is 5.96 Å². The molecule has 0 atom stereocenters. The molecular formula is C23H33IN4O3S. The maximum Gasteiger partial charge on any atom is 0.238 e. The Morgan fingerprint density at radius 1 is 1.16 bits per heavy atom. The van der Waals surface area contributed by atoms with Crippen LogP contribution < -0.4 is 20.5 Å². The average molecular weight is 573 g/mol. The zero-order valence-electron chi connectivity index (χ0n) is 18.6. The Kier molecular flexibility index (Phi) is 10.2. The molecule has 0 heterocycles. The average Bonchev–Trinajstić information content (AvgIpc) is 3.24. The largest absolute Gasteiger partial charge is 0.490 e. The van der Waals surface area contributed by atoms with E-state index >= 15 is 0 Å². The summed E-state index contributed by atoms with van der Waals surface area (Å²) in [6, 6.07) is 12.8. The molecule has 3 rings (SSSR count). The van der Waals surface area contributed by atoms with E-state index in [0.717, 1.165) is 29.7 Å². The van der Waals surface area contributed by atoms with E-state index < -0.39 is 10.0 Å². The summed E-state index contributed by atoms with van der Waals surface area (Å²) in [7, 11) is -3.73. The Morgan fingerprint density at radius 2 is 1.91 bits per heavy atom. The molecule has 2 aromatic carbocycles. The smallest absolute Gasteiger partial charge is 0.238 e. The highest BCUT2D eigenvalue weighted by Crippen LogP contribution is 2.27. The third-order valence-electron chi connectivity index (χ3n) is 5.26. The van der Waals surface area contributed by atoms with E-state index in [-0.39, 0.29) is 28.9 Å². The monoisotopic (exact) mass is 572 g/mol. The summed E-state index contributed by atoms with van der Waals surface area (Å²) in [5.41, 5.74) is 3.02. The second kappa shape index (κ2) is 12.4. The van der Waals surface area contributed by atoms with E-state index in [1.807, 2.05) is 13.0 Å². The third-order valence-corrected chi connectivity index (χ3v) is 6.17. The molecule has 0 bridgehead atoms. The first-order chi connectivity index (χ1) is 14.8. The van der Waals surface area contributed by atoms with Crippen molar-refractivity contribution in [2.24, 2.45) is 10.1 Å². The van der Waals surface area contributed by atoms with E-state index in [0.29, 0.717) is 31.7 Å². The maximum atomic E-state index is 11.6. The molecule has 7 nitrogen and oxygen atoms in total. The van der Waals surface area contributed by atoms with E-state index in [9.17, 15) is 8.42 Å². The first kappa shape index (κ1) is 26.4. The molecule has 0 aliphatic heterocycles. The van der Waals surface area contributed by atoms with Crippen LogP contribution in [-0.4, -0.2) is 27.0 Å². The molecule has 1 aliphatic carbocycles. The fraction of sp³-hybridized carbons (Fsp3) is 0.435. The number of primary sulfonamides is 1. The Bertz CT molecular complexity index is 1020. The number of sulfonamides is 1. The quantitative estimate of drug-likeness (QED) is 0.253. The molecule has 0 saturated heterocycles. The topological polar surface area (TPSA) is 106 Å². The van der Waals surface area contributed by atoms with Crippen molar-refractivity contribution in [3.8, 4) is 5.75 Å². The van der Waals surface area contributed by atoms with Crippen molar-refractivity contribution in [3.05, 3.63) is 59.2 Å². The van der Waals surface area contributed by atoms with Crippen LogP contribution in [0.1, 0.15) is 49.3 Å². The van der Waals surface area contributed by atoms with Crippen molar-refractivity contribution >= 4 is 40.0 Å². The van der Waals surface area contributed by atoms with Crippen LogP contribution in [0.15, 0.2) is 52.4 Å². The van der Waals surface area contributed by atoms with Gasteiger partial charge in [0.2, 0.25) is 10.0 Å². The molecule has 9 heteroatoms. The number of nitrogens with two attached hydrogens (primary N) is 1. The van der Waals surface area contributed by atoms with Crippen LogP contribution in [0.2, 0.25) is 0 Å². The van der Waals surface area contributed by atoms with Crippen molar-refractivity contribution in [1.29, 1.82) is 0 Å². The van der Waals surface area contributed by atoms with Gasteiger partial charge in [0.1, 0.15) is 5.75 Å². The van der Waals surface area contributed by atoms with E-state index in [1.54, 1.807) is 12.1 Å². The lowest BCUT2D eigenvalue weighted by molar-refractivity contribution is 0.207. The van der Waals surface area contributed by atoms with Gasteiger partial charge < -0.3 is 15.4 Å². The Hall–Kier alpha value is -1.85. The minimum absolute atomic E-state index is 0. The van der Waals surface area contributed by atoms with Crippen LogP contribution in [0.25, 0.3) is 0 Å². The van der Waals surface area contributed by atoms with Gasteiger partial charge in [0, 0.05) is 18.7 Å². The van der Waals surface area contributed by atoms with Crippen molar-refractivity contribution < 1.29 is 13.2 Å². The predicted octanol–water partition coefficient (Wildman–Crippen LogP) is 3.84. The summed E-state index contributed by atoms with van der Waals surface area (Å²) >= 11 is 0. The molecule has 2 aromatic rings. The minimum Gasteiger partial charge on any atom is -0.490 e. The molecule has 1 fully saturated rings. The van der Waals surface area contributed by atoms with Crippen LogP contribution >= 0.6 is 24.0 Å². The Balaban J connectivity index is 0.00000363. The molecule has 0 spiro atoms. The number of benzene rings is 2. The number of rotatable bonds is 8. The lowest BCUT2D eigenvalue weighted by Crippen LogP contribution is -2.37. The molecular weight excluding hydrogens is 539 g/mol. The van der Waals surface area contributed by atoms with E-state index in [1.165, 1.54) is 24.5 Å². The van der Waals surface area contributed by atoms with Gasteiger partial charge >= 0.3 is 0 Å². The van der Waals surface area contributed by atoms with Crippen molar-refractivity contribution in [1.82, 2.24) is 10.6 Å². The molecule has 1 saturated carbocycles. The molecule has 4 N–H and O–H groups in total. The van der Waals surface area contributed by atoms with Gasteiger partial charge in [-0.3, -0.25) is 0 Å². The second-order valence-corrected chi connectivity index (χ2v) is 9.44. The first-order valence-corrected chi connectivity index (χ1v) is 12.3. The summed E-state index contributed by atoms with van der Waals surface area (Å²) in [6.45, 7) is 5.69. The SMILES string of the molecule is CCNC(=NCc1cccc(S(N)(=O)=O)c1)NCc1ccc(C)cc1OC1CCCC1.I. The maximum absolute atomic E-state index is 11.6. The lowest BCUT2D eigenvalue weighted by atomic mass is 10.1. The molecule has 0 amide bonds. The Labute approximate surface area is 208 Å². The summed E-state index contributed by atoms with van der Waals surface area (Å²) in [4.78, 5) is 4.68. The van der Waals surface area contributed by atoms with Gasteiger partial charge in [-0.2, -0.15) is 0 Å². The summed E-state index contributed by atoms with van der Waals surface area (Å²) in [5, 5.41) is 11.8. The highest BCUT2D eigenvalue weighted by Gasteiger charge is 2.18. The van der Waals surface area contributed by atoms with Gasteiger partial charge in [-0.1, -0.05) is 24.3 Å². The number of nitrogens with one attached hydrogen (secondary N) is 2. The molecule has 32 heavy (non-hydrogen) atoms. The van der Waals surface area contributed by atoms with Gasteiger partial charge in [0.25, 0.3) is 0 Å². The number of ether oxygens (including phenoxy) is 1. The van der Waals surface area contributed by atoms with Crippen LogP contribution in [-0.2, 0) is 23.1 Å². The zero-order chi connectivity index (χ0) is 22.3. The molecule has 1 aliphatic rings. The van der Waals surface area contributed by atoms with Crippen LogP contribution in [0.3, 0.4) is 0 Å². The fourth-order valence-electron chi connectivity index (χ4n) is 3.62. The number of guanidine groups is 1. The number of hydrogen-bond donors (Lipinski definition) is 3. The number of nitrogens with zero attached hydrogens (tertiary/aromatic N) is 1. The molecule has 0 radical (unpaired) electrons. The van der Waals surface area contributed by atoms with Crippen molar-refractivity contribution in [2.75, 3.05) is 6.54 Å². The zero-order valence-corrected chi connectivity index (χ0v) is 21.8. The second-order valence-electron chi connectivity index (χ2n) is 7.88. The van der Waals surface area contributed by atoms with Gasteiger partial charge in [-0.25, -0.2) is 18.5 Å². The number of aryl methyl sites for hydroxylation is 1. The van der Waals surface area contributed by atoms with E-state index in [2.05, 4.69) is 40.7 Å². The van der Waals surface area contributed by atoms with E-state index in [4.69, 9.17) is 9.88 Å². The number of hydrogen-bond acceptors (Lipinski definition) is 4. The van der Waals surface area contributed by atoms with Crippen molar-refractivity contribution in [3.63, 3.8) is 0 Å². The molecule has 0 unspecified atom stereocenters. The summed E-state index contributed by atoms with van der Waals surface area (Å²) < 4.78 is 29.4. The summed E-state index contributed by atoms with van der Waals surface area (Å²) in [6.07, 6.45) is 4.99. The van der Waals surface area contributed by atoms with Gasteiger partial charge in [-0.05, 0) is 68.9 Å².